The highest BCUT2D eigenvalue weighted by molar-refractivity contribution is 6.31. The lowest BCUT2D eigenvalue weighted by Crippen LogP contribution is -2.33. The maximum Gasteiger partial charge on any atom is 0.292 e. The summed E-state index contributed by atoms with van der Waals surface area (Å²) in [4.78, 5) is 10.4. The van der Waals surface area contributed by atoms with Gasteiger partial charge in [0.25, 0.3) is 5.69 Å². The van der Waals surface area contributed by atoms with Gasteiger partial charge >= 0.3 is 0 Å². The zero-order valence-corrected chi connectivity index (χ0v) is 10.6. The van der Waals surface area contributed by atoms with Gasteiger partial charge in [0.05, 0.1) is 10.5 Å². The van der Waals surface area contributed by atoms with E-state index in [1.54, 1.807) is 0 Å². The highest BCUT2D eigenvalue weighted by Crippen LogP contribution is 2.32. The summed E-state index contributed by atoms with van der Waals surface area (Å²) >= 11 is 5.83. The Morgan fingerprint density at radius 1 is 1.44 bits per heavy atom. The molecule has 1 saturated carbocycles. The maximum absolute atomic E-state index is 10.9. The van der Waals surface area contributed by atoms with Crippen molar-refractivity contribution in [3.63, 3.8) is 0 Å². The van der Waals surface area contributed by atoms with Gasteiger partial charge in [0.2, 0.25) is 0 Å². The standard InChI is InChI=1S/C12H15ClN2O3/c13-9-3-4-11(15(17)18)10(7-9)14-8-12(16)5-1-2-6-12/h3-4,7,14,16H,1-2,5-6,8H2. The van der Waals surface area contributed by atoms with Crippen LogP contribution in [0.15, 0.2) is 18.2 Å². The van der Waals surface area contributed by atoms with Gasteiger partial charge in [-0.15, -0.1) is 0 Å². The summed E-state index contributed by atoms with van der Waals surface area (Å²) in [6, 6.07) is 4.36. The second-order valence-electron chi connectivity index (χ2n) is 4.70. The van der Waals surface area contributed by atoms with Crippen LogP contribution in [0.5, 0.6) is 0 Å². The molecule has 5 nitrogen and oxygen atoms in total. The minimum absolute atomic E-state index is 0.0269. The summed E-state index contributed by atoms with van der Waals surface area (Å²) in [5.41, 5.74) is -0.426. The van der Waals surface area contributed by atoms with Gasteiger partial charge in [-0.05, 0) is 25.0 Å². The van der Waals surface area contributed by atoms with Crippen LogP contribution in [0.4, 0.5) is 11.4 Å². The first kappa shape index (κ1) is 13.1. The van der Waals surface area contributed by atoms with Crippen LogP contribution >= 0.6 is 11.6 Å². The zero-order chi connectivity index (χ0) is 13.2. The molecular formula is C12H15ClN2O3. The van der Waals surface area contributed by atoms with Crippen LogP contribution in [0.25, 0.3) is 0 Å². The summed E-state index contributed by atoms with van der Waals surface area (Å²) in [6.45, 7) is 0.314. The second-order valence-corrected chi connectivity index (χ2v) is 5.14. The molecule has 1 aromatic rings. The summed E-state index contributed by atoms with van der Waals surface area (Å²) in [5.74, 6) is 0. The van der Waals surface area contributed by atoms with E-state index in [1.165, 1.54) is 18.2 Å². The Kier molecular flexibility index (Phi) is 3.73. The molecule has 0 heterocycles. The third-order valence-corrected chi connectivity index (χ3v) is 3.53. The number of hydrogen-bond acceptors (Lipinski definition) is 4. The first-order valence-electron chi connectivity index (χ1n) is 5.90. The van der Waals surface area contributed by atoms with E-state index in [1.807, 2.05) is 0 Å². The van der Waals surface area contributed by atoms with E-state index in [0.29, 0.717) is 17.3 Å². The van der Waals surface area contributed by atoms with Gasteiger partial charge in [-0.1, -0.05) is 24.4 Å². The van der Waals surface area contributed by atoms with Crippen LogP contribution in [-0.2, 0) is 0 Å². The smallest absolute Gasteiger partial charge is 0.292 e. The lowest BCUT2D eigenvalue weighted by atomic mass is 10.0. The molecule has 0 atom stereocenters. The Morgan fingerprint density at radius 3 is 2.72 bits per heavy atom. The van der Waals surface area contributed by atoms with Gasteiger partial charge in [0.1, 0.15) is 5.69 Å². The minimum Gasteiger partial charge on any atom is -0.388 e. The number of nitro benzene ring substituents is 1. The molecular weight excluding hydrogens is 256 g/mol. The lowest BCUT2D eigenvalue weighted by Gasteiger charge is -2.22. The molecule has 0 spiro atoms. The van der Waals surface area contributed by atoms with Crippen molar-refractivity contribution < 1.29 is 10.0 Å². The van der Waals surface area contributed by atoms with Crippen molar-refractivity contribution in [2.75, 3.05) is 11.9 Å². The molecule has 1 aromatic carbocycles. The van der Waals surface area contributed by atoms with Crippen molar-refractivity contribution in [2.24, 2.45) is 0 Å². The molecule has 98 valence electrons. The Hall–Kier alpha value is -1.33. The normalized spacial score (nSPS) is 17.7. The van der Waals surface area contributed by atoms with Gasteiger partial charge in [-0.25, -0.2) is 0 Å². The molecule has 0 bridgehead atoms. The van der Waals surface area contributed by atoms with E-state index in [0.717, 1.165) is 25.7 Å². The Morgan fingerprint density at radius 2 is 2.11 bits per heavy atom. The topological polar surface area (TPSA) is 75.4 Å². The van der Waals surface area contributed by atoms with Gasteiger partial charge < -0.3 is 10.4 Å². The summed E-state index contributed by atoms with van der Waals surface area (Å²) in [7, 11) is 0. The minimum atomic E-state index is -0.754. The fourth-order valence-corrected chi connectivity index (χ4v) is 2.45. The molecule has 0 unspecified atom stereocenters. The Bertz CT molecular complexity index is 459. The van der Waals surface area contributed by atoms with Gasteiger partial charge in [-0.3, -0.25) is 10.1 Å². The highest BCUT2D eigenvalue weighted by atomic mass is 35.5. The predicted octanol–water partition coefficient (Wildman–Crippen LogP) is 2.97. The van der Waals surface area contributed by atoms with Crippen molar-refractivity contribution in [1.29, 1.82) is 0 Å². The van der Waals surface area contributed by atoms with Crippen molar-refractivity contribution in [1.82, 2.24) is 0 Å². The monoisotopic (exact) mass is 270 g/mol. The average molecular weight is 271 g/mol. The van der Waals surface area contributed by atoms with E-state index >= 15 is 0 Å². The third kappa shape index (κ3) is 2.91. The molecule has 1 aliphatic carbocycles. The molecule has 6 heteroatoms. The highest BCUT2D eigenvalue weighted by Gasteiger charge is 2.31. The third-order valence-electron chi connectivity index (χ3n) is 3.30. The van der Waals surface area contributed by atoms with Crippen LogP contribution in [0.3, 0.4) is 0 Å². The fourth-order valence-electron chi connectivity index (χ4n) is 2.28. The number of halogens is 1. The van der Waals surface area contributed by atoms with E-state index in [2.05, 4.69) is 5.32 Å². The van der Waals surface area contributed by atoms with Crippen LogP contribution in [0.2, 0.25) is 5.02 Å². The van der Waals surface area contributed by atoms with Crippen molar-refractivity contribution >= 4 is 23.0 Å². The molecule has 0 aliphatic heterocycles. The molecule has 2 N–H and O–H groups in total. The van der Waals surface area contributed by atoms with Crippen LogP contribution in [0, 0.1) is 10.1 Å². The van der Waals surface area contributed by atoms with E-state index in [4.69, 9.17) is 11.6 Å². The van der Waals surface area contributed by atoms with Crippen molar-refractivity contribution in [3.05, 3.63) is 33.3 Å². The van der Waals surface area contributed by atoms with Crippen molar-refractivity contribution in [2.45, 2.75) is 31.3 Å². The maximum atomic E-state index is 10.9. The summed E-state index contributed by atoms with van der Waals surface area (Å²) in [5, 5.41) is 24.4. The number of nitrogens with one attached hydrogen (secondary N) is 1. The van der Waals surface area contributed by atoms with E-state index < -0.39 is 10.5 Å². The Balaban J connectivity index is 2.12. The second kappa shape index (κ2) is 5.12. The van der Waals surface area contributed by atoms with E-state index in [-0.39, 0.29) is 5.69 Å². The van der Waals surface area contributed by atoms with Crippen molar-refractivity contribution in [3.8, 4) is 0 Å². The molecule has 2 rings (SSSR count). The van der Waals surface area contributed by atoms with Crippen LogP contribution < -0.4 is 5.32 Å². The molecule has 0 radical (unpaired) electrons. The number of hydrogen-bond donors (Lipinski definition) is 2. The molecule has 0 amide bonds. The Labute approximate surface area is 110 Å². The average Bonchev–Trinajstić information content (AvgIpc) is 2.74. The number of nitrogens with zero attached hydrogens (tertiary/aromatic N) is 1. The lowest BCUT2D eigenvalue weighted by molar-refractivity contribution is -0.384. The fraction of sp³-hybridized carbons (Fsp3) is 0.500. The van der Waals surface area contributed by atoms with E-state index in [9.17, 15) is 15.2 Å². The van der Waals surface area contributed by atoms with Gasteiger partial charge in [0.15, 0.2) is 0 Å². The number of benzene rings is 1. The molecule has 0 saturated heterocycles. The molecule has 1 fully saturated rings. The molecule has 18 heavy (non-hydrogen) atoms. The summed E-state index contributed by atoms with van der Waals surface area (Å²) in [6.07, 6.45) is 3.45. The first-order chi connectivity index (χ1) is 8.50. The number of aliphatic hydroxyl groups is 1. The predicted molar refractivity (Wildman–Crippen MR) is 70.0 cm³/mol. The van der Waals surface area contributed by atoms with Crippen LogP contribution in [-0.4, -0.2) is 22.2 Å². The number of nitro groups is 1. The first-order valence-corrected chi connectivity index (χ1v) is 6.28. The zero-order valence-electron chi connectivity index (χ0n) is 9.86. The number of rotatable bonds is 4. The largest absolute Gasteiger partial charge is 0.388 e. The quantitative estimate of drug-likeness (QED) is 0.651. The van der Waals surface area contributed by atoms with Gasteiger partial charge in [-0.2, -0.15) is 0 Å². The number of anilines is 1. The van der Waals surface area contributed by atoms with Crippen LogP contribution in [0.1, 0.15) is 25.7 Å². The summed E-state index contributed by atoms with van der Waals surface area (Å²) < 4.78 is 0. The van der Waals surface area contributed by atoms with Gasteiger partial charge in [0, 0.05) is 17.6 Å². The molecule has 1 aliphatic rings. The SMILES string of the molecule is O=[N+]([O-])c1ccc(Cl)cc1NCC1(O)CCCC1. The molecule has 0 aromatic heterocycles.